The Labute approximate surface area is 60.5 Å². The van der Waals surface area contributed by atoms with Crippen molar-refractivity contribution in [2.45, 2.75) is 0 Å². The Morgan fingerprint density at radius 3 is 2.60 bits per heavy atom. The van der Waals surface area contributed by atoms with Gasteiger partial charge in [0.2, 0.25) is 0 Å². The maximum Gasteiger partial charge on any atom is 0.340 e. The van der Waals surface area contributed by atoms with E-state index in [-0.39, 0.29) is 7.41 Å². The van der Waals surface area contributed by atoms with Crippen molar-refractivity contribution < 1.29 is 9.90 Å². The number of carbonyl (C=O) groups is 1. The summed E-state index contributed by atoms with van der Waals surface area (Å²) in [6, 6.07) is 0. The molecule has 1 rings (SSSR count). The van der Waals surface area contributed by atoms with Gasteiger partial charge in [-0.2, -0.15) is 0 Å². The van der Waals surface area contributed by atoms with E-state index in [9.17, 15) is 4.79 Å². The van der Waals surface area contributed by atoms with Gasteiger partial charge in [-0.25, -0.2) is 0 Å². The molecule has 5 heteroatoms. The van der Waals surface area contributed by atoms with Gasteiger partial charge >= 0.3 is 7.41 Å². The molecule has 1 heterocycles. The molecule has 1 fully saturated rings. The zero-order valence-electron chi connectivity index (χ0n) is 5.84. The molecule has 1 aliphatic rings. The SMILES string of the molecule is O=C(O)BN1CCNCC1. The van der Waals surface area contributed by atoms with Crippen molar-refractivity contribution in [2.75, 3.05) is 26.2 Å². The first kappa shape index (κ1) is 7.56. The van der Waals surface area contributed by atoms with E-state index < -0.39 is 5.87 Å². The fraction of sp³-hybridized carbons (Fsp3) is 0.800. The molecule has 56 valence electrons. The van der Waals surface area contributed by atoms with Crippen LogP contribution in [0.15, 0.2) is 0 Å². The number of nitrogens with zero attached hydrogens (tertiary/aromatic N) is 1. The second kappa shape index (κ2) is 3.58. The Morgan fingerprint density at radius 1 is 1.50 bits per heavy atom. The molecule has 1 aliphatic heterocycles. The fourth-order valence-electron chi connectivity index (χ4n) is 1.06. The van der Waals surface area contributed by atoms with E-state index in [1.165, 1.54) is 0 Å². The highest BCUT2D eigenvalue weighted by atomic mass is 16.4. The van der Waals surface area contributed by atoms with Gasteiger partial charge in [-0.1, -0.05) is 0 Å². The zero-order valence-corrected chi connectivity index (χ0v) is 5.84. The van der Waals surface area contributed by atoms with Crippen LogP contribution >= 0.6 is 0 Å². The van der Waals surface area contributed by atoms with E-state index in [1.54, 1.807) is 0 Å². The topological polar surface area (TPSA) is 52.6 Å². The smallest absolute Gasteiger partial charge is 0.340 e. The number of hydrogen-bond acceptors (Lipinski definition) is 3. The van der Waals surface area contributed by atoms with E-state index in [0.29, 0.717) is 0 Å². The second-order valence-corrected chi connectivity index (χ2v) is 2.42. The van der Waals surface area contributed by atoms with Gasteiger partial charge in [0, 0.05) is 26.2 Å². The molecule has 4 nitrogen and oxygen atoms in total. The molecule has 10 heavy (non-hydrogen) atoms. The standard InChI is InChI=1S/C5H11BN2O2/c9-5(10)6-8-3-1-7-2-4-8/h6-7H,1-4H2,(H,9,10). The third-order valence-corrected chi connectivity index (χ3v) is 1.57. The number of nitrogens with one attached hydrogen (secondary N) is 1. The maximum absolute atomic E-state index is 10.2. The summed E-state index contributed by atoms with van der Waals surface area (Å²) in [5.41, 5.74) is 0. The Kier molecular flexibility index (Phi) is 2.71. The minimum absolute atomic E-state index is 0.182. The number of hydrogen-bond donors (Lipinski definition) is 2. The van der Waals surface area contributed by atoms with Gasteiger partial charge in [0.15, 0.2) is 0 Å². The zero-order chi connectivity index (χ0) is 7.40. The van der Waals surface area contributed by atoms with Crippen molar-refractivity contribution in [3.63, 3.8) is 0 Å². The third-order valence-electron chi connectivity index (χ3n) is 1.57. The Bertz CT molecular complexity index is 125. The Balaban J connectivity index is 2.19. The first-order valence-electron chi connectivity index (χ1n) is 3.44. The summed E-state index contributed by atoms with van der Waals surface area (Å²) in [5.74, 6) is -0.734. The molecule has 0 bridgehead atoms. The minimum Gasteiger partial charge on any atom is -0.488 e. The molecule has 2 N–H and O–H groups in total. The van der Waals surface area contributed by atoms with Gasteiger partial charge < -0.3 is 15.2 Å². The second-order valence-electron chi connectivity index (χ2n) is 2.42. The normalized spacial score (nSPS) is 20.4. The van der Waals surface area contributed by atoms with Crippen LogP contribution in [0.2, 0.25) is 0 Å². The van der Waals surface area contributed by atoms with Crippen molar-refractivity contribution in [3.05, 3.63) is 0 Å². The van der Waals surface area contributed by atoms with Crippen molar-refractivity contribution >= 4 is 13.3 Å². The summed E-state index contributed by atoms with van der Waals surface area (Å²) in [5, 5.41) is 11.6. The monoisotopic (exact) mass is 142 g/mol. The Morgan fingerprint density at radius 2 is 2.10 bits per heavy atom. The van der Waals surface area contributed by atoms with E-state index in [4.69, 9.17) is 5.11 Å². The molecular formula is C5H11BN2O2. The van der Waals surface area contributed by atoms with Crippen molar-refractivity contribution in [1.82, 2.24) is 10.1 Å². The largest absolute Gasteiger partial charge is 0.488 e. The summed E-state index contributed by atoms with van der Waals surface area (Å²) >= 11 is 0. The maximum atomic E-state index is 10.2. The van der Waals surface area contributed by atoms with Crippen LogP contribution < -0.4 is 5.32 Å². The minimum atomic E-state index is -0.734. The molecular weight excluding hydrogens is 131 g/mol. The molecule has 1 saturated heterocycles. The molecule has 0 aromatic carbocycles. The summed E-state index contributed by atoms with van der Waals surface area (Å²) in [7, 11) is 0.182. The highest BCUT2D eigenvalue weighted by Gasteiger charge is 2.14. The van der Waals surface area contributed by atoms with Crippen molar-refractivity contribution in [3.8, 4) is 0 Å². The molecule has 0 radical (unpaired) electrons. The first-order chi connectivity index (χ1) is 4.79. The van der Waals surface area contributed by atoms with Crippen LogP contribution in [-0.2, 0) is 0 Å². The van der Waals surface area contributed by atoms with Crippen LogP contribution in [-0.4, -0.2) is 49.4 Å². The third kappa shape index (κ3) is 2.37. The van der Waals surface area contributed by atoms with Gasteiger partial charge in [0.1, 0.15) is 0 Å². The predicted octanol–water partition coefficient (Wildman–Crippen LogP) is -1.08. The van der Waals surface area contributed by atoms with Gasteiger partial charge in [0.05, 0.1) is 0 Å². The fourth-order valence-corrected chi connectivity index (χ4v) is 1.06. The van der Waals surface area contributed by atoms with E-state index in [2.05, 4.69) is 5.32 Å². The quantitative estimate of drug-likeness (QED) is 0.481. The molecule has 0 amide bonds. The van der Waals surface area contributed by atoms with Crippen LogP contribution in [0.25, 0.3) is 0 Å². The highest BCUT2D eigenvalue weighted by molar-refractivity contribution is 6.69. The lowest BCUT2D eigenvalue weighted by Gasteiger charge is -2.24. The number of rotatable bonds is 2. The molecule has 0 aromatic rings. The van der Waals surface area contributed by atoms with Crippen LogP contribution in [0, 0.1) is 0 Å². The summed E-state index contributed by atoms with van der Waals surface area (Å²) in [6.45, 7) is 3.53. The molecule has 0 atom stereocenters. The lowest BCUT2D eigenvalue weighted by atomic mass is 9.91. The van der Waals surface area contributed by atoms with Crippen LogP contribution in [0.5, 0.6) is 0 Å². The first-order valence-corrected chi connectivity index (χ1v) is 3.44. The van der Waals surface area contributed by atoms with Gasteiger partial charge in [-0.05, 0) is 0 Å². The molecule has 0 aliphatic carbocycles. The Hall–Kier alpha value is -0.545. The van der Waals surface area contributed by atoms with Crippen LogP contribution in [0.3, 0.4) is 0 Å². The summed E-state index contributed by atoms with van der Waals surface area (Å²) < 4.78 is 0. The van der Waals surface area contributed by atoms with E-state index in [1.807, 2.05) is 4.81 Å². The lowest BCUT2D eigenvalue weighted by Crippen LogP contribution is -2.47. The molecule has 0 saturated carbocycles. The van der Waals surface area contributed by atoms with Crippen molar-refractivity contribution in [1.29, 1.82) is 0 Å². The summed E-state index contributed by atoms with van der Waals surface area (Å²) in [4.78, 5) is 12.1. The molecule has 0 spiro atoms. The average Bonchev–Trinajstić information content (AvgIpc) is 1.88. The van der Waals surface area contributed by atoms with E-state index >= 15 is 0 Å². The lowest BCUT2D eigenvalue weighted by molar-refractivity contribution is 0.216. The summed E-state index contributed by atoms with van der Waals surface area (Å²) in [6.07, 6.45) is 0. The van der Waals surface area contributed by atoms with Gasteiger partial charge in [-0.15, -0.1) is 0 Å². The van der Waals surface area contributed by atoms with E-state index in [0.717, 1.165) is 26.2 Å². The average molecular weight is 142 g/mol. The number of carboxylic acid groups (broad SMARTS) is 1. The van der Waals surface area contributed by atoms with Crippen molar-refractivity contribution in [2.24, 2.45) is 0 Å². The van der Waals surface area contributed by atoms with Crippen LogP contribution in [0.1, 0.15) is 0 Å². The van der Waals surface area contributed by atoms with Gasteiger partial charge in [-0.3, -0.25) is 4.79 Å². The predicted molar refractivity (Wildman–Crippen MR) is 39.6 cm³/mol. The van der Waals surface area contributed by atoms with Gasteiger partial charge in [0.25, 0.3) is 5.87 Å². The highest BCUT2D eigenvalue weighted by Crippen LogP contribution is 1.88. The number of piperazine rings is 1. The molecule has 0 unspecified atom stereocenters. The molecule has 0 aromatic heterocycles. The van der Waals surface area contributed by atoms with Crippen LogP contribution in [0.4, 0.5) is 4.79 Å².